The number of hydrogen-bond acceptors (Lipinski definition) is 4. The molecule has 1 aliphatic carbocycles. The van der Waals surface area contributed by atoms with E-state index < -0.39 is 11.6 Å². The number of carbonyl (C=O) groups is 2. The first kappa shape index (κ1) is 24.9. The van der Waals surface area contributed by atoms with Gasteiger partial charge in [-0.2, -0.15) is 0 Å². The summed E-state index contributed by atoms with van der Waals surface area (Å²) in [5, 5.41) is 27.9. The Kier molecular flexibility index (Phi) is 5.42. The van der Waals surface area contributed by atoms with E-state index in [0.29, 0.717) is 13.1 Å². The summed E-state index contributed by atoms with van der Waals surface area (Å²) >= 11 is 0. The van der Waals surface area contributed by atoms with Crippen molar-refractivity contribution >= 4 is 50.5 Å². The Bertz CT molecular complexity index is 2140. The lowest BCUT2D eigenvalue weighted by Gasteiger charge is -2.19. The molecular formula is C37H24N2O4+2. The number of rotatable bonds is 4. The normalized spacial score (nSPS) is 13.5. The second kappa shape index (κ2) is 9.35. The lowest BCUT2D eigenvalue weighted by atomic mass is 9.82. The molecule has 2 aliphatic rings. The molecule has 0 bridgehead atoms. The van der Waals surface area contributed by atoms with Crippen molar-refractivity contribution in [2.75, 3.05) is 0 Å². The van der Waals surface area contributed by atoms with Gasteiger partial charge in [-0.1, -0.05) is 106 Å². The lowest BCUT2D eigenvalue weighted by Crippen LogP contribution is -2.22. The van der Waals surface area contributed by atoms with E-state index in [4.69, 9.17) is 0 Å². The van der Waals surface area contributed by atoms with Crippen molar-refractivity contribution in [1.29, 1.82) is 0 Å². The van der Waals surface area contributed by atoms with Gasteiger partial charge in [0.15, 0.2) is 24.7 Å². The van der Waals surface area contributed by atoms with Gasteiger partial charge in [-0.05, 0) is 33.7 Å². The van der Waals surface area contributed by atoms with Crippen LogP contribution in [0.2, 0.25) is 0 Å². The van der Waals surface area contributed by atoms with Gasteiger partial charge < -0.3 is 10.2 Å². The molecule has 2 N–H and O–H groups in total. The number of phenols is 2. The molecule has 0 fully saturated rings. The molecule has 0 spiro atoms. The fourth-order valence-electron chi connectivity index (χ4n) is 6.31. The van der Waals surface area contributed by atoms with E-state index >= 15 is 0 Å². The van der Waals surface area contributed by atoms with E-state index in [0.717, 1.165) is 32.7 Å². The monoisotopic (exact) mass is 560 g/mol. The maximum absolute atomic E-state index is 13.7. The van der Waals surface area contributed by atoms with Gasteiger partial charge in [0.05, 0.1) is 11.1 Å². The van der Waals surface area contributed by atoms with Crippen LogP contribution in [0.15, 0.2) is 109 Å². The Hall–Kier alpha value is -5.84. The van der Waals surface area contributed by atoms with Gasteiger partial charge in [-0.15, -0.1) is 0 Å². The number of nitrogens with zero attached hydrogens (tertiary/aromatic N) is 2. The molecule has 0 saturated heterocycles. The van der Waals surface area contributed by atoms with E-state index in [2.05, 4.69) is 18.1 Å². The van der Waals surface area contributed by atoms with Crippen LogP contribution < -0.4 is 0 Å². The van der Waals surface area contributed by atoms with Gasteiger partial charge in [0, 0.05) is 22.3 Å². The number of ketones is 2. The Labute approximate surface area is 246 Å². The van der Waals surface area contributed by atoms with E-state index in [1.807, 2.05) is 72.8 Å². The predicted molar refractivity (Wildman–Crippen MR) is 163 cm³/mol. The molecule has 0 atom stereocenters. The highest BCUT2D eigenvalue weighted by molar-refractivity contribution is 6.31. The van der Waals surface area contributed by atoms with Crippen molar-refractivity contribution in [3.05, 3.63) is 143 Å². The summed E-state index contributed by atoms with van der Waals surface area (Å²) in [6.07, 6.45) is 0. The molecule has 43 heavy (non-hydrogen) atoms. The lowest BCUT2D eigenvalue weighted by molar-refractivity contribution is -0.485. The van der Waals surface area contributed by atoms with Crippen molar-refractivity contribution in [2.24, 2.45) is 0 Å². The number of phenolic OH excluding ortho intramolecular Hbond substituents is 2. The molecule has 6 aromatic carbocycles. The molecule has 0 radical (unpaired) electrons. The molecule has 6 aromatic rings. The van der Waals surface area contributed by atoms with Crippen LogP contribution in [0.25, 0.3) is 21.5 Å². The van der Waals surface area contributed by atoms with Gasteiger partial charge >= 0.3 is 17.4 Å². The van der Waals surface area contributed by atoms with Gasteiger partial charge in [-0.3, -0.25) is 9.59 Å². The van der Waals surface area contributed by atoms with Gasteiger partial charge in [0.25, 0.3) is 0 Å². The molecule has 0 saturated carbocycles. The van der Waals surface area contributed by atoms with Crippen LogP contribution in [0, 0.1) is 0 Å². The van der Waals surface area contributed by atoms with Crippen LogP contribution in [0.5, 0.6) is 11.5 Å². The van der Waals surface area contributed by atoms with Crippen LogP contribution in [-0.2, 0) is 13.1 Å². The molecule has 204 valence electrons. The van der Waals surface area contributed by atoms with Crippen LogP contribution >= 0.6 is 0 Å². The van der Waals surface area contributed by atoms with Gasteiger partial charge in [-0.25, -0.2) is 0 Å². The second-order valence-electron chi connectivity index (χ2n) is 11.0. The SMILES string of the molecule is O=C1c2ccccc2C(=O)c2c(O)c3c(c(O)c21)[N+](Cc1ccc2ccccc2c1)=C=[N+]3Cc1ccc2ccccc2c1. The van der Waals surface area contributed by atoms with Crippen LogP contribution in [-0.4, -0.2) is 36.9 Å². The van der Waals surface area contributed by atoms with Crippen molar-refractivity contribution in [1.82, 2.24) is 0 Å². The zero-order chi connectivity index (χ0) is 29.2. The predicted octanol–water partition coefficient (Wildman–Crippen LogP) is 7.06. The van der Waals surface area contributed by atoms with E-state index in [-0.39, 0.29) is 45.1 Å². The largest absolute Gasteiger partial charge is 0.502 e. The van der Waals surface area contributed by atoms with E-state index in [1.165, 1.54) is 0 Å². The highest BCUT2D eigenvalue weighted by Gasteiger charge is 2.48. The Morgan fingerprint density at radius 1 is 0.512 bits per heavy atom. The standard InChI is InChI=1S/C37H22N2O4/c40-34-28-11-5-6-12-29(28)35(41)31-30(34)36(42)32-33(37(31)43)39(20-23-14-16-25-8-2-4-10-27(25)18-23)21-38(32)19-22-13-15-24-7-1-3-9-26(24)17-22/h1-18H,19-20H2/p+2. The molecule has 1 heterocycles. The number of aromatic hydroxyl groups is 2. The third-order valence-corrected chi connectivity index (χ3v) is 8.36. The van der Waals surface area contributed by atoms with E-state index in [1.54, 1.807) is 33.4 Å². The maximum atomic E-state index is 13.7. The maximum Gasteiger partial charge on any atom is 0.490 e. The third kappa shape index (κ3) is 3.82. The first-order valence-corrected chi connectivity index (χ1v) is 14.0. The molecule has 1 aliphatic heterocycles. The van der Waals surface area contributed by atoms with Crippen molar-refractivity contribution in [3.63, 3.8) is 0 Å². The topological polar surface area (TPSA) is 80.6 Å². The molecule has 0 unspecified atom stereocenters. The summed E-state index contributed by atoms with van der Waals surface area (Å²) in [7, 11) is 0. The summed E-state index contributed by atoms with van der Waals surface area (Å²) in [5.74, 6) is -1.69. The van der Waals surface area contributed by atoms with Crippen LogP contribution in [0.1, 0.15) is 43.0 Å². The first-order chi connectivity index (χ1) is 21.0. The Morgan fingerprint density at radius 3 is 1.35 bits per heavy atom. The van der Waals surface area contributed by atoms with E-state index in [9.17, 15) is 19.8 Å². The van der Waals surface area contributed by atoms with Gasteiger partial charge in [0.1, 0.15) is 0 Å². The van der Waals surface area contributed by atoms with Crippen molar-refractivity contribution < 1.29 is 29.0 Å². The number of hydrogen-bond donors (Lipinski definition) is 2. The second-order valence-corrected chi connectivity index (χ2v) is 11.0. The number of carbonyl (C=O) groups excluding carboxylic acids is 2. The zero-order valence-corrected chi connectivity index (χ0v) is 22.9. The van der Waals surface area contributed by atoms with Gasteiger partial charge in [0.2, 0.25) is 11.5 Å². The molecule has 6 heteroatoms. The molecule has 0 amide bonds. The highest BCUT2D eigenvalue weighted by atomic mass is 16.3. The van der Waals surface area contributed by atoms with Crippen molar-refractivity contribution in [3.8, 4) is 11.5 Å². The minimum atomic E-state index is -0.501. The molecule has 0 aromatic heterocycles. The minimum absolute atomic E-state index is 0.183. The fraction of sp³-hybridized carbons (Fsp3) is 0.0541. The van der Waals surface area contributed by atoms with Crippen LogP contribution in [0.4, 0.5) is 11.4 Å². The summed E-state index contributed by atoms with van der Waals surface area (Å²) in [5.41, 5.74) is 2.43. The first-order valence-electron chi connectivity index (χ1n) is 14.0. The smallest absolute Gasteiger partial charge is 0.490 e. The van der Waals surface area contributed by atoms with Crippen molar-refractivity contribution in [2.45, 2.75) is 13.1 Å². The molecule has 6 nitrogen and oxygen atoms in total. The summed E-state index contributed by atoms with van der Waals surface area (Å²) in [6, 6.07) is 38.2. The third-order valence-electron chi connectivity index (χ3n) is 8.36. The Balaban J connectivity index is 1.32. The summed E-state index contributed by atoms with van der Waals surface area (Å²) < 4.78 is 3.43. The molecular weight excluding hydrogens is 536 g/mol. The number of benzene rings is 6. The summed E-state index contributed by atoms with van der Waals surface area (Å²) in [4.78, 5) is 27.3. The zero-order valence-electron chi connectivity index (χ0n) is 22.9. The fourth-order valence-corrected chi connectivity index (χ4v) is 6.31. The highest BCUT2D eigenvalue weighted by Crippen LogP contribution is 2.52. The average Bonchev–Trinajstić information content (AvgIpc) is 3.39. The summed E-state index contributed by atoms with van der Waals surface area (Å²) in [6.45, 7) is 0.632. The average molecular weight is 561 g/mol. The molecule has 8 rings (SSSR count). The van der Waals surface area contributed by atoms with Crippen LogP contribution in [0.3, 0.4) is 0 Å². The number of fused-ring (bicyclic) bond motifs is 5. The minimum Gasteiger partial charge on any atom is -0.502 e. The quantitative estimate of drug-likeness (QED) is 0.179. The Morgan fingerprint density at radius 2 is 0.907 bits per heavy atom.